The molecule has 0 atom stereocenters. The number of benzene rings is 1. The lowest BCUT2D eigenvalue weighted by Gasteiger charge is -2.04. The Morgan fingerprint density at radius 3 is 3.06 bits per heavy atom. The van der Waals surface area contributed by atoms with Crippen molar-refractivity contribution >= 4 is 17.0 Å². The molecule has 0 aliphatic rings. The van der Waals surface area contributed by atoms with Gasteiger partial charge in [0, 0.05) is 0 Å². The number of anilines is 1. The van der Waals surface area contributed by atoms with Crippen molar-refractivity contribution in [2.75, 3.05) is 5.43 Å². The molecule has 9 nitrogen and oxygen atoms in total. The zero-order valence-electron chi connectivity index (χ0n) is 8.70. The van der Waals surface area contributed by atoms with E-state index in [9.17, 15) is 0 Å². The van der Waals surface area contributed by atoms with E-state index in [2.05, 4.69) is 41.8 Å². The summed E-state index contributed by atoms with van der Waals surface area (Å²) in [6.07, 6.45) is 0. The quantitative estimate of drug-likeness (QED) is 0.520. The molecule has 0 aliphatic carbocycles. The molecule has 0 aliphatic heterocycles. The second-order valence-electron chi connectivity index (χ2n) is 3.27. The SMILES string of the molecule is c1ccc2c(c1)nnn2CNNc1nn[nH]n1. The first-order valence-electron chi connectivity index (χ1n) is 4.94. The third-order valence-corrected chi connectivity index (χ3v) is 2.19. The number of hydrogen-bond donors (Lipinski definition) is 3. The van der Waals surface area contributed by atoms with Crippen molar-refractivity contribution in [1.29, 1.82) is 0 Å². The first-order chi connectivity index (χ1) is 8.43. The Balaban J connectivity index is 1.69. The third kappa shape index (κ3) is 1.90. The van der Waals surface area contributed by atoms with Gasteiger partial charge in [0.05, 0.1) is 5.52 Å². The Bertz CT molecular complexity index is 598. The lowest BCUT2D eigenvalue weighted by molar-refractivity contribution is 0.546. The maximum atomic E-state index is 4.03. The van der Waals surface area contributed by atoms with E-state index in [-0.39, 0.29) is 0 Å². The summed E-state index contributed by atoms with van der Waals surface area (Å²) in [5, 5.41) is 21.3. The van der Waals surface area contributed by atoms with Crippen LogP contribution in [0.3, 0.4) is 0 Å². The summed E-state index contributed by atoms with van der Waals surface area (Å²) in [5.41, 5.74) is 7.49. The van der Waals surface area contributed by atoms with E-state index in [0.717, 1.165) is 11.0 Å². The molecule has 1 aromatic carbocycles. The van der Waals surface area contributed by atoms with E-state index < -0.39 is 0 Å². The number of aromatic nitrogens is 7. The van der Waals surface area contributed by atoms with Gasteiger partial charge in [-0.05, 0) is 17.3 Å². The van der Waals surface area contributed by atoms with E-state index >= 15 is 0 Å². The second kappa shape index (κ2) is 4.14. The number of hydrogen-bond acceptors (Lipinski definition) is 7. The maximum Gasteiger partial charge on any atom is 0.277 e. The summed E-state index contributed by atoms with van der Waals surface area (Å²) in [5.74, 6) is 0.370. The third-order valence-electron chi connectivity index (χ3n) is 2.19. The average molecular weight is 231 g/mol. The summed E-state index contributed by atoms with van der Waals surface area (Å²) >= 11 is 0. The molecule has 2 heterocycles. The molecule has 0 saturated carbocycles. The molecule has 0 fully saturated rings. The van der Waals surface area contributed by atoms with Gasteiger partial charge in [0.2, 0.25) is 0 Å². The number of rotatable bonds is 4. The van der Waals surface area contributed by atoms with Crippen LogP contribution >= 0.6 is 0 Å². The van der Waals surface area contributed by atoms with Crippen LogP contribution in [0.5, 0.6) is 0 Å². The van der Waals surface area contributed by atoms with Gasteiger partial charge in [-0.25, -0.2) is 10.1 Å². The summed E-state index contributed by atoms with van der Waals surface area (Å²) in [6.45, 7) is 0.440. The first kappa shape index (κ1) is 9.66. The van der Waals surface area contributed by atoms with Crippen LogP contribution in [0, 0.1) is 0 Å². The molecular formula is C8H9N9. The van der Waals surface area contributed by atoms with Gasteiger partial charge in [0.15, 0.2) is 0 Å². The van der Waals surface area contributed by atoms with Crippen molar-refractivity contribution in [3.8, 4) is 0 Å². The summed E-state index contributed by atoms with van der Waals surface area (Å²) in [6, 6.07) is 7.72. The highest BCUT2D eigenvalue weighted by atomic mass is 15.6. The van der Waals surface area contributed by atoms with Crippen LogP contribution < -0.4 is 10.9 Å². The van der Waals surface area contributed by atoms with Gasteiger partial charge in [0.1, 0.15) is 12.2 Å². The smallest absolute Gasteiger partial charge is 0.277 e. The fourth-order valence-corrected chi connectivity index (χ4v) is 1.44. The number of fused-ring (bicyclic) bond motifs is 1. The lowest BCUT2D eigenvalue weighted by atomic mass is 10.3. The monoisotopic (exact) mass is 231 g/mol. The van der Waals surface area contributed by atoms with Gasteiger partial charge in [-0.15, -0.1) is 10.2 Å². The van der Waals surface area contributed by atoms with Crippen LogP contribution in [-0.4, -0.2) is 35.6 Å². The zero-order chi connectivity index (χ0) is 11.5. The number of hydrazine groups is 1. The molecule has 0 amide bonds. The van der Waals surface area contributed by atoms with Crippen molar-refractivity contribution in [2.45, 2.75) is 6.67 Å². The molecule has 0 bridgehead atoms. The summed E-state index contributed by atoms with van der Waals surface area (Å²) in [7, 11) is 0. The number of para-hydroxylation sites is 1. The highest BCUT2D eigenvalue weighted by Gasteiger charge is 2.02. The Hall–Kier alpha value is -2.55. The van der Waals surface area contributed by atoms with Gasteiger partial charge in [-0.3, -0.25) is 5.43 Å². The van der Waals surface area contributed by atoms with Crippen molar-refractivity contribution in [3.05, 3.63) is 24.3 Å². The van der Waals surface area contributed by atoms with E-state index in [1.54, 1.807) is 4.68 Å². The van der Waals surface area contributed by atoms with Crippen LogP contribution in [0.25, 0.3) is 11.0 Å². The number of aromatic amines is 1. The number of nitrogens with zero attached hydrogens (tertiary/aromatic N) is 6. The summed E-state index contributed by atoms with van der Waals surface area (Å²) in [4.78, 5) is 0. The topological polar surface area (TPSA) is 109 Å². The Kier molecular flexibility index (Phi) is 2.35. The first-order valence-corrected chi connectivity index (χ1v) is 4.94. The standard InChI is InChI=1S/C8H9N9/c1-2-4-7-6(3-1)10-16-17(7)5-9-11-8-12-14-15-13-8/h1-4,9H,5H2,(H2,11,12,13,14,15). The van der Waals surface area contributed by atoms with Gasteiger partial charge >= 0.3 is 0 Å². The van der Waals surface area contributed by atoms with E-state index in [0.29, 0.717) is 12.6 Å². The fourth-order valence-electron chi connectivity index (χ4n) is 1.44. The molecule has 0 spiro atoms. The van der Waals surface area contributed by atoms with Gasteiger partial charge in [-0.2, -0.15) is 5.21 Å². The molecule has 0 saturated heterocycles. The van der Waals surface area contributed by atoms with Crippen molar-refractivity contribution in [1.82, 2.24) is 41.0 Å². The highest BCUT2D eigenvalue weighted by Crippen LogP contribution is 2.08. The van der Waals surface area contributed by atoms with E-state index in [1.165, 1.54) is 0 Å². The van der Waals surface area contributed by atoms with E-state index in [1.807, 2.05) is 24.3 Å². The largest absolute Gasteiger partial charge is 0.285 e. The molecule has 2 aromatic heterocycles. The predicted molar refractivity (Wildman–Crippen MR) is 58.5 cm³/mol. The van der Waals surface area contributed by atoms with Crippen molar-refractivity contribution in [3.63, 3.8) is 0 Å². The Morgan fingerprint density at radius 2 is 2.18 bits per heavy atom. The minimum absolute atomic E-state index is 0.370. The van der Waals surface area contributed by atoms with Crippen LogP contribution in [0.15, 0.2) is 24.3 Å². The Morgan fingerprint density at radius 1 is 1.24 bits per heavy atom. The predicted octanol–water partition coefficient (Wildman–Crippen LogP) is -0.481. The molecule has 86 valence electrons. The highest BCUT2D eigenvalue weighted by molar-refractivity contribution is 5.73. The van der Waals surface area contributed by atoms with Gasteiger partial charge in [0.25, 0.3) is 5.95 Å². The molecular weight excluding hydrogens is 222 g/mol. The second-order valence-corrected chi connectivity index (χ2v) is 3.27. The molecule has 9 heteroatoms. The lowest BCUT2D eigenvalue weighted by Crippen LogP contribution is -2.26. The van der Waals surface area contributed by atoms with Crippen molar-refractivity contribution < 1.29 is 0 Å². The average Bonchev–Trinajstić information content (AvgIpc) is 2.99. The Labute approximate surface area is 95.2 Å². The minimum Gasteiger partial charge on any atom is -0.285 e. The van der Waals surface area contributed by atoms with Crippen LogP contribution in [0.2, 0.25) is 0 Å². The zero-order valence-corrected chi connectivity index (χ0v) is 8.70. The van der Waals surface area contributed by atoms with Crippen LogP contribution in [-0.2, 0) is 6.67 Å². The fraction of sp³-hybridized carbons (Fsp3) is 0.125. The number of nitrogens with one attached hydrogen (secondary N) is 3. The molecule has 0 unspecified atom stereocenters. The maximum absolute atomic E-state index is 4.03. The normalized spacial score (nSPS) is 10.8. The molecule has 3 N–H and O–H groups in total. The molecule has 0 radical (unpaired) electrons. The van der Waals surface area contributed by atoms with Crippen molar-refractivity contribution in [2.24, 2.45) is 0 Å². The number of tetrazole rings is 1. The molecule has 17 heavy (non-hydrogen) atoms. The molecule has 3 aromatic rings. The van der Waals surface area contributed by atoms with Gasteiger partial charge < -0.3 is 0 Å². The summed E-state index contributed by atoms with van der Waals surface area (Å²) < 4.78 is 1.72. The molecule has 3 rings (SSSR count). The van der Waals surface area contributed by atoms with Crippen LogP contribution in [0.4, 0.5) is 5.95 Å². The number of H-pyrrole nitrogens is 1. The van der Waals surface area contributed by atoms with Crippen LogP contribution in [0.1, 0.15) is 0 Å². The van der Waals surface area contributed by atoms with Gasteiger partial charge in [-0.1, -0.05) is 22.4 Å². The minimum atomic E-state index is 0.370. The van der Waals surface area contributed by atoms with E-state index in [4.69, 9.17) is 0 Å².